The third kappa shape index (κ3) is 4.01. The highest BCUT2D eigenvalue weighted by atomic mass is 32.1. The van der Waals surface area contributed by atoms with E-state index in [-0.39, 0.29) is 18.6 Å². The van der Waals surface area contributed by atoms with Crippen molar-refractivity contribution in [2.24, 2.45) is 0 Å². The Labute approximate surface area is 116 Å². The average molecular weight is 278 g/mol. The number of hydrogen-bond donors (Lipinski definition) is 1. The van der Waals surface area contributed by atoms with Gasteiger partial charge in [0, 0.05) is 6.04 Å². The van der Waals surface area contributed by atoms with E-state index in [1.165, 1.54) is 0 Å². The van der Waals surface area contributed by atoms with Gasteiger partial charge in [-0.05, 0) is 25.5 Å². The van der Waals surface area contributed by atoms with E-state index in [0.29, 0.717) is 6.61 Å². The minimum atomic E-state index is -0.0736. The Hall–Kier alpha value is -1.46. The van der Waals surface area contributed by atoms with Crippen molar-refractivity contribution in [3.63, 3.8) is 0 Å². The molecule has 0 saturated carbocycles. The smallest absolute Gasteiger partial charge is 0.246 e. The summed E-state index contributed by atoms with van der Waals surface area (Å²) >= 11 is 1.60. The minimum absolute atomic E-state index is 0.0736. The second-order valence-electron chi connectivity index (χ2n) is 4.44. The zero-order valence-electron chi connectivity index (χ0n) is 11.2. The molecule has 1 amide bonds. The summed E-state index contributed by atoms with van der Waals surface area (Å²) in [6.45, 7) is 4.48. The van der Waals surface area contributed by atoms with Gasteiger partial charge in [-0.15, -0.1) is 11.3 Å². The van der Waals surface area contributed by atoms with Crippen molar-refractivity contribution >= 4 is 27.5 Å². The zero-order chi connectivity index (χ0) is 13.7. The lowest BCUT2D eigenvalue weighted by Gasteiger charge is -2.10. The Balaban J connectivity index is 1.81. The van der Waals surface area contributed by atoms with Crippen molar-refractivity contribution in [1.29, 1.82) is 0 Å². The molecule has 2 rings (SSSR count). The fraction of sp³-hybridized carbons (Fsp3) is 0.429. The summed E-state index contributed by atoms with van der Waals surface area (Å²) in [6, 6.07) is 8.16. The molecule has 0 saturated heterocycles. The number of benzene rings is 1. The zero-order valence-corrected chi connectivity index (χ0v) is 12.0. The highest BCUT2D eigenvalue weighted by molar-refractivity contribution is 7.18. The highest BCUT2D eigenvalue weighted by Gasteiger charge is 2.07. The SMILES string of the molecule is CCC(C)NC(=O)COCc1nc2ccccc2s1. The van der Waals surface area contributed by atoms with Gasteiger partial charge in [0.2, 0.25) is 5.91 Å². The van der Waals surface area contributed by atoms with Crippen molar-refractivity contribution < 1.29 is 9.53 Å². The first-order valence-electron chi connectivity index (χ1n) is 6.40. The fourth-order valence-corrected chi connectivity index (χ4v) is 2.54. The molecule has 1 aromatic carbocycles. The number of rotatable bonds is 6. The van der Waals surface area contributed by atoms with Crippen LogP contribution in [0.4, 0.5) is 0 Å². The van der Waals surface area contributed by atoms with Gasteiger partial charge in [0.25, 0.3) is 0 Å². The van der Waals surface area contributed by atoms with Gasteiger partial charge >= 0.3 is 0 Å². The summed E-state index contributed by atoms with van der Waals surface area (Å²) in [5.74, 6) is -0.0736. The molecule has 0 aliphatic heterocycles. The topological polar surface area (TPSA) is 51.2 Å². The Morgan fingerprint density at radius 3 is 3.00 bits per heavy atom. The van der Waals surface area contributed by atoms with Gasteiger partial charge in [-0.2, -0.15) is 0 Å². The second kappa shape index (κ2) is 6.63. The number of ether oxygens (including phenoxy) is 1. The van der Waals surface area contributed by atoms with Crippen LogP contribution in [-0.4, -0.2) is 23.5 Å². The molecule has 0 spiro atoms. The Kier molecular flexibility index (Phi) is 4.87. The molecule has 0 fully saturated rings. The summed E-state index contributed by atoms with van der Waals surface area (Å²) < 4.78 is 6.54. The van der Waals surface area contributed by atoms with Gasteiger partial charge in [0.1, 0.15) is 11.6 Å². The number of thiazole rings is 1. The van der Waals surface area contributed by atoms with Crippen LogP contribution in [0.15, 0.2) is 24.3 Å². The molecular formula is C14H18N2O2S. The molecule has 1 N–H and O–H groups in total. The van der Waals surface area contributed by atoms with Crippen molar-refractivity contribution in [3.05, 3.63) is 29.3 Å². The van der Waals surface area contributed by atoms with Crippen LogP contribution in [-0.2, 0) is 16.1 Å². The molecule has 1 heterocycles. The Morgan fingerprint density at radius 1 is 1.47 bits per heavy atom. The molecular weight excluding hydrogens is 260 g/mol. The maximum atomic E-state index is 11.5. The lowest BCUT2D eigenvalue weighted by atomic mass is 10.2. The lowest BCUT2D eigenvalue weighted by Crippen LogP contribution is -2.34. The first kappa shape index (κ1) is 14.0. The standard InChI is InChI=1S/C14H18N2O2S/c1-3-10(2)15-13(17)8-18-9-14-16-11-6-4-5-7-12(11)19-14/h4-7,10H,3,8-9H2,1-2H3,(H,15,17). The van der Waals surface area contributed by atoms with E-state index in [1.54, 1.807) is 11.3 Å². The first-order chi connectivity index (χ1) is 9.19. The van der Waals surface area contributed by atoms with Crippen LogP contribution >= 0.6 is 11.3 Å². The molecule has 0 radical (unpaired) electrons. The third-order valence-electron chi connectivity index (χ3n) is 2.82. The summed E-state index contributed by atoms with van der Waals surface area (Å²) in [5, 5.41) is 3.76. The van der Waals surface area contributed by atoms with E-state index >= 15 is 0 Å². The van der Waals surface area contributed by atoms with Gasteiger partial charge in [-0.1, -0.05) is 19.1 Å². The maximum Gasteiger partial charge on any atom is 0.246 e. The van der Waals surface area contributed by atoms with E-state index in [4.69, 9.17) is 4.74 Å². The molecule has 0 aliphatic carbocycles. The fourth-order valence-electron chi connectivity index (χ4n) is 1.63. The van der Waals surface area contributed by atoms with E-state index in [9.17, 15) is 4.79 Å². The summed E-state index contributed by atoms with van der Waals surface area (Å²) in [6.07, 6.45) is 0.920. The number of hydrogen-bond acceptors (Lipinski definition) is 4. The van der Waals surface area contributed by atoms with Crippen LogP contribution in [0.2, 0.25) is 0 Å². The van der Waals surface area contributed by atoms with E-state index in [2.05, 4.69) is 10.3 Å². The normalized spacial score (nSPS) is 12.5. The van der Waals surface area contributed by atoms with Crippen molar-refractivity contribution in [2.75, 3.05) is 6.61 Å². The third-order valence-corrected chi connectivity index (χ3v) is 3.83. The van der Waals surface area contributed by atoms with E-state index in [1.807, 2.05) is 38.1 Å². The molecule has 0 aliphatic rings. The Bertz CT molecular complexity index is 520. The lowest BCUT2D eigenvalue weighted by molar-refractivity contribution is -0.126. The van der Waals surface area contributed by atoms with Gasteiger partial charge in [-0.3, -0.25) is 4.79 Å². The monoisotopic (exact) mass is 278 g/mol. The number of nitrogens with one attached hydrogen (secondary N) is 1. The van der Waals surface area contributed by atoms with E-state index < -0.39 is 0 Å². The number of carbonyl (C=O) groups excluding carboxylic acids is 1. The van der Waals surface area contributed by atoms with Crippen LogP contribution in [0.1, 0.15) is 25.3 Å². The number of aromatic nitrogens is 1. The van der Waals surface area contributed by atoms with Gasteiger partial charge in [0.05, 0.1) is 16.8 Å². The molecule has 2 aromatic rings. The molecule has 4 nitrogen and oxygen atoms in total. The van der Waals surface area contributed by atoms with Crippen molar-refractivity contribution in [1.82, 2.24) is 10.3 Å². The van der Waals surface area contributed by atoms with Crippen molar-refractivity contribution in [3.8, 4) is 0 Å². The molecule has 102 valence electrons. The summed E-state index contributed by atoms with van der Waals surface area (Å²) in [4.78, 5) is 16.0. The number of nitrogens with zero attached hydrogens (tertiary/aromatic N) is 1. The predicted molar refractivity (Wildman–Crippen MR) is 77.2 cm³/mol. The molecule has 1 unspecified atom stereocenters. The average Bonchev–Trinajstić information content (AvgIpc) is 2.81. The molecule has 1 aromatic heterocycles. The van der Waals surface area contributed by atoms with Crippen LogP contribution < -0.4 is 5.32 Å². The first-order valence-corrected chi connectivity index (χ1v) is 7.22. The van der Waals surface area contributed by atoms with Crippen LogP contribution in [0.25, 0.3) is 10.2 Å². The summed E-state index contributed by atoms with van der Waals surface area (Å²) in [5.41, 5.74) is 0.982. The maximum absolute atomic E-state index is 11.5. The predicted octanol–water partition coefficient (Wildman–Crippen LogP) is 2.73. The number of amides is 1. The van der Waals surface area contributed by atoms with E-state index in [0.717, 1.165) is 21.6 Å². The molecule has 19 heavy (non-hydrogen) atoms. The largest absolute Gasteiger partial charge is 0.364 e. The van der Waals surface area contributed by atoms with Gasteiger partial charge < -0.3 is 10.1 Å². The Morgan fingerprint density at radius 2 is 2.26 bits per heavy atom. The minimum Gasteiger partial charge on any atom is -0.364 e. The van der Waals surface area contributed by atoms with Gasteiger partial charge in [0.15, 0.2) is 0 Å². The molecule has 5 heteroatoms. The summed E-state index contributed by atoms with van der Waals surface area (Å²) in [7, 11) is 0. The number of para-hydroxylation sites is 1. The molecule has 0 bridgehead atoms. The number of fused-ring (bicyclic) bond motifs is 1. The van der Waals surface area contributed by atoms with Crippen LogP contribution in [0.5, 0.6) is 0 Å². The van der Waals surface area contributed by atoms with Crippen LogP contribution in [0.3, 0.4) is 0 Å². The second-order valence-corrected chi connectivity index (χ2v) is 5.56. The highest BCUT2D eigenvalue weighted by Crippen LogP contribution is 2.21. The number of carbonyl (C=O) groups is 1. The van der Waals surface area contributed by atoms with Crippen molar-refractivity contribution in [2.45, 2.75) is 32.9 Å². The molecule has 1 atom stereocenters. The quantitative estimate of drug-likeness (QED) is 0.884. The van der Waals surface area contributed by atoms with Crippen LogP contribution in [0, 0.1) is 0 Å². The van der Waals surface area contributed by atoms with Gasteiger partial charge in [-0.25, -0.2) is 4.98 Å².